The van der Waals surface area contributed by atoms with Crippen LogP contribution in [0.15, 0.2) is 34.7 Å². The number of hydrogen-bond donors (Lipinski definition) is 1. The fourth-order valence-corrected chi connectivity index (χ4v) is 4.99. The number of nitrogens with zero attached hydrogens (tertiary/aromatic N) is 3. The molecule has 0 radical (unpaired) electrons. The lowest BCUT2D eigenvalue weighted by atomic mass is 9.97. The minimum absolute atomic E-state index is 0.0390. The van der Waals surface area contributed by atoms with E-state index in [1.165, 1.54) is 11.6 Å². The largest absolute Gasteiger partial charge is 0.417 e. The van der Waals surface area contributed by atoms with Gasteiger partial charge in [0.15, 0.2) is 0 Å². The molecule has 7 nitrogen and oxygen atoms in total. The first-order valence-corrected chi connectivity index (χ1v) is 10.2. The smallest absolute Gasteiger partial charge is 0.300 e. The Kier molecular flexibility index (Phi) is 5.49. The maximum atomic E-state index is 13.1. The Labute approximate surface area is 157 Å². The summed E-state index contributed by atoms with van der Waals surface area (Å²) in [6, 6.07) is 4.10. The van der Waals surface area contributed by atoms with Crippen LogP contribution in [-0.2, 0) is 21.0 Å². The molecule has 27 heavy (non-hydrogen) atoms. The number of amides is 1. The van der Waals surface area contributed by atoms with Gasteiger partial charge in [-0.2, -0.15) is 17.5 Å². The second-order valence-electron chi connectivity index (χ2n) is 5.91. The molecule has 0 aliphatic carbocycles. The first-order chi connectivity index (χ1) is 12.7. The number of alkyl halides is 3. The van der Waals surface area contributed by atoms with Crippen LogP contribution < -0.4 is 5.32 Å². The van der Waals surface area contributed by atoms with Crippen molar-refractivity contribution in [3.8, 4) is 0 Å². The van der Waals surface area contributed by atoms with Gasteiger partial charge in [-0.05, 0) is 25.0 Å². The molecule has 2 aromatic rings. The van der Waals surface area contributed by atoms with Crippen molar-refractivity contribution < 1.29 is 26.4 Å². The molecule has 3 rings (SSSR count). The van der Waals surface area contributed by atoms with Gasteiger partial charge < -0.3 is 5.32 Å². The summed E-state index contributed by atoms with van der Waals surface area (Å²) >= 11 is 1.15. The van der Waals surface area contributed by atoms with E-state index in [0.29, 0.717) is 5.13 Å². The first kappa shape index (κ1) is 19.7. The van der Waals surface area contributed by atoms with Gasteiger partial charge >= 0.3 is 6.18 Å². The van der Waals surface area contributed by atoms with Gasteiger partial charge in [-0.1, -0.05) is 23.5 Å². The first-order valence-electron chi connectivity index (χ1n) is 7.93. The Hall–Kier alpha value is -2.05. The number of carbonyl (C=O) groups excluding carboxylic acids is 1. The van der Waals surface area contributed by atoms with Crippen LogP contribution in [0.4, 0.5) is 18.3 Å². The number of piperidine rings is 1. The Bertz CT molecular complexity index is 909. The molecule has 1 N–H and O–H groups in total. The summed E-state index contributed by atoms with van der Waals surface area (Å²) in [6.45, 7) is -0.0779. The summed E-state index contributed by atoms with van der Waals surface area (Å²) in [7, 11) is -4.31. The van der Waals surface area contributed by atoms with Crippen molar-refractivity contribution in [3.63, 3.8) is 0 Å². The minimum atomic E-state index is -4.77. The summed E-state index contributed by atoms with van der Waals surface area (Å²) in [6.07, 6.45) is -4.36. The standard InChI is InChI=1S/C15H15F3N4O3S2/c16-15(17,18)11-3-1-2-4-12(11)27(24,25)22-7-5-10(6-8-22)13(23)20-14-21-19-9-26-14/h1-4,9-10H,5-8H2,(H,20,21,23). The second-order valence-corrected chi connectivity index (χ2v) is 8.64. The Balaban J connectivity index is 1.71. The van der Waals surface area contributed by atoms with Crippen molar-refractivity contribution in [2.24, 2.45) is 5.92 Å². The zero-order valence-corrected chi connectivity index (χ0v) is 15.4. The molecule has 1 aromatic heterocycles. The van der Waals surface area contributed by atoms with Crippen molar-refractivity contribution in [2.75, 3.05) is 18.4 Å². The topological polar surface area (TPSA) is 92.3 Å². The van der Waals surface area contributed by atoms with Gasteiger partial charge in [-0.25, -0.2) is 8.42 Å². The molecular weight excluding hydrogens is 405 g/mol. The van der Waals surface area contributed by atoms with Crippen LogP contribution in [0.25, 0.3) is 0 Å². The zero-order valence-electron chi connectivity index (χ0n) is 13.8. The van der Waals surface area contributed by atoms with Crippen LogP contribution in [0.1, 0.15) is 18.4 Å². The highest BCUT2D eigenvalue weighted by Crippen LogP contribution is 2.36. The van der Waals surface area contributed by atoms with Crippen molar-refractivity contribution in [3.05, 3.63) is 35.3 Å². The number of rotatable bonds is 4. The summed E-state index contributed by atoms with van der Waals surface area (Å²) in [5.74, 6) is -0.752. The lowest BCUT2D eigenvalue weighted by Gasteiger charge is -2.31. The highest BCUT2D eigenvalue weighted by Gasteiger charge is 2.40. The molecule has 0 atom stereocenters. The van der Waals surface area contributed by atoms with E-state index in [-0.39, 0.29) is 31.8 Å². The van der Waals surface area contributed by atoms with Crippen molar-refractivity contribution in [2.45, 2.75) is 23.9 Å². The molecule has 2 heterocycles. The van der Waals surface area contributed by atoms with Gasteiger partial charge in [0.25, 0.3) is 0 Å². The summed E-state index contributed by atoms with van der Waals surface area (Å²) in [4.78, 5) is 11.4. The summed E-state index contributed by atoms with van der Waals surface area (Å²) in [5, 5.41) is 10.2. The van der Waals surface area contributed by atoms with Crippen LogP contribution >= 0.6 is 11.3 Å². The van der Waals surface area contributed by atoms with Gasteiger partial charge in [0, 0.05) is 19.0 Å². The third-order valence-corrected chi connectivity index (χ3v) is 6.79. The van der Waals surface area contributed by atoms with Crippen LogP contribution in [0.5, 0.6) is 0 Å². The maximum absolute atomic E-state index is 13.1. The predicted octanol–water partition coefficient (Wildman–Crippen LogP) is 2.60. The van der Waals surface area contributed by atoms with E-state index in [9.17, 15) is 26.4 Å². The third-order valence-electron chi connectivity index (χ3n) is 4.23. The van der Waals surface area contributed by atoms with Crippen LogP contribution in [0.3, 0.4) is 0 Å². The van der Waals surface area contributed by atoms with Crippen LogP contribution in [0, 0.1) is 5.92 Å². The highest BCUT2D eigenvalue weighted by molar-refractivity contribution is 7.89. The van der Waals surface area contributed by atoms with Gasteiger partial charge in [-0.15, -0.1) is 10.2 Å². The zero-order chi connectivity index (χ0) is 19.7. The van der Waals surface area contributed by atoms with Crippen LogP contribution in [0.2, 0.25) is 0 Å². The maximum Gasteiger partial charge on any atom is 0.417 e. The molecular formula is C15H15F3N4O3S2. The SMILES string of the molecule is O=C(Nc1nncs1)C1CCN(S(=O)(=O)c2ccccc2C(F)(F)F)CC1. The average molecular weight is 420 g/mol. The lowest BCUT2D eigenvalue weighted by molar-refractivity contribution is -0.139. The van der Waals surface area contributed by atoms with Crippen molar-refractivity contribution in [1.29, 1.82) is 0 Å². The Morgan fingerprint density at radius 2 is 1.89 bits per heavy atom. The third kappa shape index (κ3) is 4.28. The molecule has 1 aliphatic heterocycles. The van der Waals surface area contributed by atoms with E-state index in [1.807, 2.05) is 0 Å². The minimum Gasteiger partial charge on any atom is -0.300 e. The van der Waals surface area contributed by atoms with E-state index in [4.69, 9.17) is 0 Å². The Morgan fingerprint density at radius 3 is 2.48 bits per heavy atom. The molecule has 1 saturated heterocycles. The fourth-order valence-electron chi connectivity index (χ4n) is 2.86. The van der Waals surface area contributed by atoms with E-state index >= 15 is 0 Å². The molecule has 1 fully saturated rings. The molecule has 0 spiro atoms. The van der Waals surface area contributed by atoms with Crippen molar-refractivity contribution >= 4 is 32.4 Å². The molecule has 0 bridgehead atoms. The highest BCUT2D eigenvalue weighted by atomic mass is 32.2. The lowest BCUT2D eigenvalue weighted by Crippen LogP contribution is -2.41. The second kappa shape index (κ2) is 7.52. The van der Waals surface area contributed by atoms with E-state index in [2.05, 4.69) is 15.5 Å². The summed E-state index contributed by atoms with van der Waals surface area (Å²) < 4.78 is 65.8. The number of hydrogen-bond acceptors (Lipinski definition) is 6. The van der Waals surface area contributed by atoms with E-state index in [1.54, 1.807) is 0 Å². The molecule has 146 valence electrons. The number of halogens is 3. The normalized spacial score (nSPS) is 17.0. The molecule has 0 saturated carbocycles. The van der Waals surface area contributed by atoms with E-state index in [0.717, 1.165) is 33.8 Å². The van der Waals surface area contributed by atoms with Gasteiger partial charge in [0.05, 0.1) is 10.5 Å². The number of benzene rings is 1. The number of nitrogens with one attached hydrogen (secondary N) is 1. The molecule has 12 heteroatoms. The van der Waals surface area contributed by atoms with Crippen molar-refractivity contribution in [1.82, 2.24) is 14.5 Å². The molecule has 1 aromatic carbocycles. The predicted molar refractivity (Wildman–Crippen MR) is 91.5 cm³/mol. The average Bonchev–Trinajstić information content (AvgIpc) is 3.14. The number of sulfonamides is 1. The Morgan fingerprint density at radius 1 is 1.22 bits per heavy atom. The molecule has 1 amide bonds. The summed E-state index contributed by atoms with van der Waals surface area (Å²) in [5.41, 5.74) is 0.268. The van der Waals surface area contributed by atoms with Gasteiger partial charge in [-0.3, -0.25) is 4.79 Å². The van der Waals surface area contributed by atoms with Gasteiger partial charge in [0.1, 0.15) is 5.51 Å². The number of carbonyl (C=O) groups is 1. The number of aromatic nitrogens is 2. The number of anilines is 1. The van der Waals surface area contributed by atoms with Crippen LogP contribution in [-0.4, -0.2) is 41.9 Å². The molecule has 1 aliphatic rings. The monoisotopic (exact) mass is 420 g/mol. The van der Waals surface area contributed by atoms with Gasteiger partial charge in [0.2, 0.25) is 21.1 Å². The molecule has 0 unspecified atom stereocenters. The quantitative estimate of drug-likeness (QED) is 0.821. The fraction of sp³-hybridized carbons (Fsp3) is 0.400. The van der Waals surface area contributed by atoms with E-state index < -0.39 is 32.6 Å².